The number of aromatic nitrogens is 1. The molecule has 0 amide bonds. The summed E-state index contributed by atoms with van der Waals surface area (Å²) in [7, 11) is 0. The summed E-state index contributed by atoms with van der Waals surface area (Å²) in [6.45, 7) is 12.6. The molecule has 3 nitrogen and oxygen atoms in total. The average molecular weight is 552 g/mol. The Balaban J connectivity index is 1.55. The third-order valence-electron chi connectivity index (χ3n) is 7.58. The van der Waals surface area contributed by atoms with E-state index in [0.29, 0.717) is 6.67 Å². The molecule has 0 saturated carbocycles. The van der Waals surface area contributed by atoms with Gasteiger partial charge in [-0.25, -0.2) is 0 Å². The predicted molar refractivity (Wildman–Crippen MR) is 180 cm³/mol. The van der Waals surface area contributed by atoms with Gasteiger partial charge < -0.3 is 15.2 Å². The number of fused-ring (bicyclic) bond motifs is 6. The third kappa shape index (κ3) is 4.46. The van der Waals surface area contributed by atoms with Crippen molar-refractivity contribution >= 4 is 50.0 Å². The van der Waals surface area contributed by atoms with Gasteiger partial charge in [0.1, 0.15) is 0 Å². The van der Waals surface area contributed by atoms with Crippen LogP contribution in [0.2, 0.25) is 0 Å². The number of rotatable bonds is 7. The van der Waals surface area contributed by atoms with Crippen LogP contribution in [0.4, 0.5) is 5.69 Å². The molecule has 202 valence electrons. The third-order valence-corrected chi connectivity index (χ3v) is 8.69. The van der Waals surface area contributed by atoms with E-state index in [4.69, 9.17) is 5.73 Å². The van der Waals surface area contributed by atoms with Crippen LogP contribution in [0.15, 0.2) is 150 Å². The molecule has 41 heavy (non-hydrogen) atoms. The molecule has 1 aromatic heterocycles. The summed E-state index contributed by atoms with van der Waals surface area (Å²) in [6.07, 6.45) is 14.2. The van der Waals surface area contributed by atoms with Crippen LogP contribution in [-0.4, -0.2) is 4.57 Å². The first kappa shape index (κ1) is 26.7. The lowest BCUT2D eigenvalue weighted by molar-refractivity contribution is 0.791. The molecule has 0 saturated heterocycles. The van der Waals surface area contributed by atoms with E-state index >= 15 is 0 Å². The van der Waals surface area contributed by atoms with E-state index in [1.807, 2.05) is 32.1 Å². The smallest absolute Gasteiger partial charge is 0.0707 e. The lowest BCUT2D eigenvalue weighted by Gasteiger charge is -2.34. The van der Waals surface area contributed by atoms with Crippen molar-refractivity contribution < 1.29 is 0 Å². The Labute approximate surface area is 246 Å². The van der Waals surface area contributed by atoms with Gasteiger partial charge in [-0.2, -0.15) is 0 Å². The maximum absolute atomic E-state index is 6.26. The van der Waals surface area contributed by atoms with Crippen molar-refractivity contribution in [1.29, 1.82) is 0 Å². The molecule has 2 N–H and O–H groups in total. The van der Waals surface area contributed by atoms with Gasteiger partial charge in [0.15, 0.2) is 0 Å². The Hall–Kier alpha value is -4.51. The summed E-state index contributed by atoms with van der Waals surface area (Å²) in [5.74, 6) is 0. The zero-order chi connectivity index (χ0) is 28.5. The first-order chi connectivity index (χ1) is 20.1. The minimum absolute atomic E-state index is 0.432. The van der Waals surface area contributed by atoms with Crippen LogP contribution in [0, 0.1) is 0 Å². The van der Waals surface area contributed by atoms with Crippen molar-refractivity contribution in [3.8, 4) is 11.1 Å². The Kier molecular flexibility index (Phi) is 7.27. The van der Waals surface area contributed by atoms with Crippen LogP contribution in [0.3, 0.4) is 0 Å². The molecule has 6 rings (SSSR count). The van der Waals surface area contributed by atoms with Gasteiger partial charge >= 0.3 is 0 Å². The van der Waals surface area contributed by atoms with E-state index in [9.17, 15) is 0 Å². The quantitative estimate of drug-likeness (QED) is 0.204. The number of hydrogen-bond acceptors (Lipinski definition) is 3. The maximum Gasteiger partial charge on any atom is 0.0707 e. The number of hydrogen-bond donors (Lipinski definition) is 1. The molecule has 0 bridgehead atoms. The van der Waals surface area contributed by atoms with Crippen LogP contribution in [0.5, 0.6) is 0 Å². The summed E-state index contributed by atoms with van der Waals surface area (Å²) in [6, 6.07) is 26.5. The summed E-state index contributed by atoms with van der Waals surface area (Å²) in [5, 5.41) is 4.96. The van der Waals surface area contributed by atoms with Crippen LogP contribution in [0.1, 0.15) is 13.8 Å². The second-order valence-electron chi connectivity index (χ2n) is 9.92. The van der Waals surface area contributed by atoms with Crippen molar-refractivity contribution in [1.82, 2.24) is 4.57 Å². The summed E-state index contributed by atoms with van der Waals surface area (Å²) < 4.78 is 2.21. The Bertz CT molecular complexity index is 1970. The molecule has 0 aliphatic carbocycles. The van der Waals surface area contributed by atoms with Crippen LogP contribution >= 0.6 is 11.8 Å². The van der Waals surface area contributed by atoms with Gasteiger partial charge in [0.25, 0.3) is 0 Å². The Morgan fingerprint density at radius 3 is 2.41 bits per heavy atom. The average Bonchev–Trinajstić information content (AvgIpc) is 3.33. The summed E-state index contributed by atoms with van der Waals surface area (Å²) in [5.41, 5.74) is 14.2. The molecule has 0 atom stereocenters. The molecule has 0 fully saturated rings. The monoisotopic (exact) mass is 551 g/mol. The van der Waals surface area contributed by atoms with Gasteiger partial charge in [0.05, 0.1) is 29.1 Å². The number of nitrogens with zero attached hydrogens (tertiary/aromatic N) is 2. The molecule has 1 aliphatic rings. The van der Waals surface area contributed by atoms with Gasteiger partial charge in [0.2, 0.25) is 0 Å². The first-order valence-electron chi connectivity index (χ1n) is 13.8. The number of benzene rings is 4. The highest BCUT2D eigenvalue weighted by Gasteiger charge is 2.26. The van der Waals surface area contributed by atoms with Gasteiger partial charge in [0, 0.05) is 26.3 Å². The van der Waals surface area contributed by atoms with Crippen molar-refractivity contribution in [3.05, 3.63) is 145 Å². The molecule has 5 aromatic rings. The van der Waals surface area contributed by atoms with Crippen molar-refractivity contribution in [2.45, 2.75) is 25.4 Å². The largest absolute Gasteiger partial charge is 0.327 e. The van der Waals surface area contributed by atoms with Gasteiger partial charge in [-0.15, -0.1) is 0 Å². The van der Waals surface area contributed by atoms with Crippen molar-refractivity contribution in [3.63, 3.8) is 0 Å². The number of allylic oxidation sites excluding steroid dienone is 7. The highest BCUT2D eigenvalue weighted by Crippen LogP contribution is 2.48. The number of nitrogens with two attached hydrogens (primary N) is 1. The molecule has 4 aromatic carbocycles. The fourth-order valence-corrected chi connectivity index (χ4v) is 7.02. The molecule has 1 aliphatic heterocycles. The second kappa shape index (κ2) is 11.2. The Morgan fingerprint density at radius 2 is 1.66 bits per heavy atom. The molecule has 0 spiro atoms. The topological polar surface area (TPSA) is 34.2 Å². The summed E-state index contributed by atoms with van der Waals surface area (Å²) in [4.78, 5) is 4.61. The SMILES string of the molecule is C=C/C=C(\C=C/C)N1C(C=C)=C(/C=C\C)Sc2cc(-c3ccc4c(c3)c3c5ccccc5ccc3n4CN)ccc21. The van der Waals surface area contributed by atoms with E-state index in [0.717, 1.165) is 27.5 Å². The van der Waals surface area contributed by atoms with Crippen LogP contribution in [-0.2, 0) is 6.67 Å². The zero-order valence-electron chi connectivity index (χ0n) is 23.5. The zero-order valence-corrected chi connectivity index (χ0v) is 24.3. The van der Waals surface area contributed by atoms with Crippen LogP contribution < -0.4 is 10.6 Å². The highest BCUT2D eigenvalue weighted by molar-refractivity contribution is 8.03. The minimum atomic E-state index is 0.432. The van der Waals surface area contributed by atoms with Gasteiger partial charge in [-0.05, 0) is 84.3 Å². The molecule has 4 heteroatoms. The van der Waals surface area contributed by atoms with E-state index < -0.39 is 0 Å². The second-order valence-corrected chi connectivity index (χ2v) is 11.0. The predicted octanol–water partition coefficient (Wildman–Crippen LogP) is 10.1. The summed E-state index contributed by atoms with van der Waals surface area (Å²) >= 11 is 1.78. The minimum Gasteiger partial charge on any atom is -0.327 e. The number of anilines is 1. The van der Waals surface area contributed by atoms with E-state index in [1.165, 1.54) is 43.1 Å². The van der Waals surface area contributed by atoms with E-state index in [2.05, 4.69) is 120 Å². The fourth-order valence-electron chi connectivity index (χ4n) is 5.85. The van der Waals surface area contributed by atoms with Crippen LogP contribution in [0.25, 0.3) is 43.7 Å². The maximum atomic E-state index is 6.26. The Morgan fingerprint density at radius 1 is 0.878 bits per heavy atom. The lowest BCUT2D eigenvalue weighted by atomic mass is 9.99. The standard InChI is InChI=1S/C37H33N3S/c1-5-11-28(12-6-2)40-31(8-4)35(13-7-3)41-36-23-27(18-20-33(36)40)26-17-19-32-30(22-26)37-29-15-10-9-14-25(29)16-21-34(37)39(32)24-38/h5-23H,1,4,24,38H2,2-3H3/b12-6-,13-7-,28-11+. The van der Waals surface area contributed by atoms with E-state index in [1.54, 1.807) is 11.8 Å². The lowest BCUT2D eigenvalue weighted by Crippen LogP contribution is -2.23. The normalized spacial score (nSPS) is 14.2. The van der Waals surface area contributed by atoms with Gasteiger partial charge in [-0.3, -0.25) is 0 Å². The number of thioether (sulfide) groups is 1. The highest BCUT2D eigenvalue weighted by atomic mass is 32.2. The van der Waals surface area contributed by atoms with Gasteiger partial charge in [-0.1, -0.05) is 91.7 Å². The van der Waals surface area contributed by atoms with Crippen molar-refractivity contribution in [2.75, 3.05) is 4.90 Å². The fraction of sp³-hybridized carbons (Fsp3) is 0.0811. The van der Waals surface area contributed by atoms with E-state index in [-0.39, 0.29) is 0 Å². The molecule has 0 radical (unpaired) electrons. The molecular weight excluding hydrogens is 518 g/mol. The molecular formula is C37H33N3S. The molecule has 0 unspecified atom stereocenters. The molecule has 2 heterocycles. The van der Waals surface area contributed by atoms with Crippen molar-refractivity contribution in [2.24, 2.45) is 5.73 Å². The first-order valence-corrected chi connectivity index (χ1v) is 14.7.